The van der Waals surface area contributed by atoms with E-state index in [4.69, 9.17) is 0 Å². The number of benzene rings is 4. The molecular formula is C34H38CoN4O2. The molecule has 7 heteroatoms. The minimum absolute atomic E-state index is 0. The molecular weight excluding hydrogens is 555 g/mol. The van der Waals surface area contributed by atoms with Gasteiger partial charge in [-0.1, -0.05) is 72.8 Å². The molecule has 1 radical (unpaired) electrons. The third-order valence-corrected chi connectivity index (χ3v) is 6.78. The van der Waals surface area contributed by atoms with Crippen LogP contribution in [0.1, 0.15) is 44.5 Å². The van der Waals surface area contributed by atoms with Crippen molar-refractivity contribution in [3.63, 3.8) is 0 Å². The third-order valence-electron chi connectivity index (χ3n) is 6.78. The molecule has 0 unspecified atom stereocenters. The van der Waals surface area contributed by atoms with Crippen molar-refractivity contribution >= 4 is 35.4 Å². The number of para-hydroxylation sites is 4. The first-order chi connectivity index (χ1) is 19.0. The van der Waals surface area contributed by atoms with Crippen molar-refractivity contribution in [1.29, 1.82) is 0 Å². The van der Waals surface area contributed by atoms with Gasteiger partial charge in [-0.25, -0.2) is 9.98 Å². The summed E-state index contributed by atoms with van der Waals surface area (Å²) in [6.45, 7) is 15.7. The summed E-state index contributed by atoms with van der Waals surface area (Å²) in [5, 5.41) is 26.2. The molecule has 0 heterocycles. The second-order valence-corrected chi connectivity index (χ2v) is 10.1. The quantitative estimate of drug-likeness (QED) is 0.127. The zero-order valence-electron chi connectivity index (χ0n) is 25.0. The molecule has 4 aromatic rings. The van der Waals surface area contributed by atoms with Crippen LogP contribution >= 0.6 is 0 Å². The Labute approximate surface area is 254 Å². The van der Waals surface area contributed by atoms with Gasteiger partial charge in [0.25, 0.3) is 0 Å². The number of nitrogens with zero attached hydrogens (tertiary/aromatic N) is 4. The van der Waals surface area contributed by atoms with E-state index in [9.17, 15) is 10.4 Å². The molecule has 4 rings (SSSR count). The Balaban J connectivity index is 0.000000280. The van der Waals surface area contributed by atoms with E-state index in [2.05, 4.69) is 9.98 Å². The molecule has 4 aromatic carbocycles. The van der Waals surface area contributed by atoms with Crippen LogP contribution in [-0.4, -0.2) is 12.7 Å². The van der Waals surface area contributed by atoms with Gasteiger partial charge < -0.3 is 20.5 Å². The molecule has 0 fully saturated rings. The van der Waals surface area contributed by atoms with Gasteiger partial charge in [0.15, 0.2) is 0 Å². The van der Waals surface area contributed by atoms with E-state index in [0.29, 0.717) is 11.4 Å². The van der Waals surface area contributed by atoms with Gasteiger partial charge in [0.05, 0.1) is 24.1 Å². The summed E-state index contributed by atoms with van der Waals surface area (Å²) >= 11 is 0. The topological polar surface area (TPSA) is 77.3 Å². The van der Waals surface area contributed by atoms with Crippen LogP contribution in [0.25, 0.3) is 0 Å². The predicted molar refractivity (Wildman–Crippen MR) is 172 cm³/mol. The Morgan fingerprint density at radius 3 is 0.902 bits per heavy atom. The smallest absolute Gasteiger partial charge is 0.753 e. The fourth-order valence-corrected chi connectivity index (χ4v) is 4.66. The van der Waals surface area contributed by atoms with E-state index in [-0.39, 0.29) is 16.8 Å². The van der Waals surface area contributed by atoms with Gasteiger partial charge >= 0.3 is 16.8 Å². The Kier molecular flexibility index (Phi) is 12.5. The van der Waals surface area contributed by atoms with Crippen molar-refractivity contribution in [2.75, 3.05) is 10.1 Å². The Bertz CT molecular complexity index is 1340. The van der Waals surface area contributed by atoms with E-state index in [1.165, 1.54) is 12.7 Å². The van der Waals surface area contributed by atoms with Crippen molar-refractivity contribution in [1.82, 2.24) is 0 Å². The van der Waals surface area contributed by atoms with Crippen LogP contribution in [0.3, 0.4) is 0 Å². The summed E-state index contributed by atoms with van der Waals surface area (Å²) in [7, 11) is 0. The minimum atomic E-state index is 0. The Morgan fingerprint density at radius 2 is 0.659 bits per heavy atom. The first-order valence-corrected chi connectivity index (χ1v) is 13.3. The van der Waals surface area contributed by atoms with Gasteiger partial charge in [0.1, 0.15) is 0 Å². The fourth-order valence-electron chi connectivity index (χ4n) is 4.66. The second-order valence-electron chi connectivity index (χ2n) is 10.1. The van der Waals surface area contributed by atoms with Crippen LogP contribution in [0.5, 0.6) is 0 Å². The van der Waals surface area contributed by atoms with Crippen LogP contribution in [0.2, 0.25) is 0 Å². The van der Waals surface area contributed by atoms with E-state index in [0.717, 1.165) is 66.0 Å². The first kappa shape index (κ1) is 33.5. The van der Waals surface area contributed by atoms with Crippen molar-refractivity contribution in [2.24, 2.45) is 9.98 Å². The molecule has 0 aliphatic rings. The molecule has 0 bridgehead atoms. The number of aliphatic imine (C=N–C) groups is 2. The monoisotopic (exact) mass is 593 g/mol. The van der Waals surface area contributed by atoms with Gasteiger partial charge in [-0.3, -0.25) is 0 Å². The molecule has 0 saturated heterocycles. The molecule has 0 saturated carbocycles. The van der Waals surface area contributed by atoms with E-state index < -0.39 is 0 Å². The Morgan fingerprint density at radius 1 is 0.439 bits per heavy atom. The third kappa shape index (κ3) is 8.61. The van der Waals surface area contributed by atoms with Crippen LogP contribution in [0, 0.1) is 65.8 Å². The van der Waals surface area contributed by atoms with Gasteiger partial charge in [-0.2, -0.15) is 0 Å². The molecule has 6 nitrogen and oxygen atoms in total. The van der Waals surface area contributed by atoms with Crippen molar-refractivity contribution in [2.45, 2.75) is 55.4 Å². The van der Waals surface area contributed by atoms with Gasteiger partial charge in [-0.05, 0) is 99.9 Å². The van der Waals surface area contributed by atoms with Crippen LogP contribution in [0.4, 0.5) is 22.7 Å². The standard InChI is InChI=1S/2C17H19N2O.Co/c2*1-12-7-5-8-13(2)16(12)18-11-19(20)17-14(3)9-6-10-15(17)4;/h2*5-11H,1-4H3;/q2*-1;+2. The van der Waals surface area contributed by atoms with E-state index in [1.807, 2.05) is 128 Å². The number of anilines is 2. The summed E-state index contributed by atoms with van der Waals surface area (Å²) in [5.41, 5.74) is 11.1. The summed E-state index contributed by atoms with van der Waals surface area (Å²) < 4.78 is 0. The number of aryl methyl sites for hydroxylation is 8. The molecule has 0 aliphatic heterocycles. The van der Waals surface area contributed by atoms with E-state index in [1.54, 1.807) is 0 Å². The largest absolute Gasteiger partial charge is 2.00 e. The zero-order valence-corrected chi connectivity index (χ0v) is 26.1. The van der Waals surface area contributed by atoms with Crippen molar-refractivity contribution in [3.8, 4) is 0 Å². The van der Waals surface area contributed by atoms with Crippen molar-refractivity contribution < 1.29 is 16.8 Å². The first-order valence-electron chi connectivity index (χ1n) is 13.3. The summed E-state index contributed by atoms with van der Waals surface area (Å²) in [6.07, 6.45) is 2.70. The zero-order chi connectivity index (χ0) is 29.4. The molecule has 0 amide bonds. The van der Waals surface area contributed by atoms with Crippen LogP contribution in [0.15, 0.2) is 82.8 Å². The molecule has 0 aromatic heterocycles. The predicted octanol–water partition coefficient (Wildman–Crippen LogP) is 9.17. The fraction of sp³-hybridized carbons (Fsp3) is 0.235. The summed E-state index contributed by atoms with van der Waals surface area (Å²) in [5.74, 6) is 0. The Hall–Kier alpha value is -3.75. The average molecular weight is 594 g/mol. The van der Waals surface area contributed by atoms with Gasteiger partial charge in [0, 0.05) is 11.4 Å². The van der Waals surface area contributed by atoms with Crippen molar-refractivity contribution in [3.05, 3.63) is 128 Å². The number of hydroxylamine groups is 2. The second kappa shape index (κ2) is 15.3. The van der Waals surface area contributed by atoms with Gasteiger partial charge in [-0.15, -0.1) is 0 Å². The molecule has 0 atom stereocenters. The molecule has 0 spiro atoms. The molecule has 41 heavy (non-hydrogen) atoms. The number of rotatable bonds is 6. The maximum atomic E-state index is 12.2. The maximum absolute atomic E-state index is 12.2. The van der Waals surface area contributed by atoms with E-state index >= 15 is 0 Å². The summed E-state index contributed by atoms with van der Waals surface area (Å²) in [6, 6.07) is 23.6. The van der Waals surface area contributed by atoms with Gasteiger partial charge in [0.2, 0.25) is 0 Å². The van der Waals surface area contributed by atoms with Crippen LogP contribution in [-0.2, 0) is 16.8 Å². The minimum Gasteiger partial charge on any atom is -0.753 e. The molecule has 0 N–H and O–H groups in total. The normalized spacial score (nSPS) is 10.8. The molecule has 215 valence electrons. The van der Waals surface area contributed by atoms with Crippen LogP contribution < -0.4 is 10.1 Å². The average Bonchev–Trinajstić information content (AvgIpc) is 2.88. The number of hydrogen-bond donors (Lipinski definition) is 0. The molecule has 0 aliphatic carbocycles. The summed E-state index contributed by atoms with van der Waals surface area (Å²) in [4.78, 5) is 8.70. The SMILES string of the molecule is Cc1cccc(C)c1N=CN([O-])c1c(C)cccc1C.Cc1cccc(C)c1N=CN([O-])c1c(C)cccc1C.[Co+2]. The maximum Gasteiger partial charge on any atom is 2.00 e. The number of hydrogen-bond acceptors (Lipinski definition) is 4.